The van der Waals surface area contributed by atoms with Gasteiger partial charge in [-0.25, -0.2) is 0 Å². The molecule has 0 saturated heterocycles. The molecule has 0 unspecified atom stereocenters. The second-order valence-electron chi connectivity index (χ2n) is 13.8. The van der Waals surface area contributed by atoms with Crippen molar-refractivity contribution in [3.63, 3.8) is 0 Å². The molecule has 0 aliphatic heterocycles. The summed E-state index contributed by atoms with van der Waals surface area (Å²) in [6.45, 7) is 0. The number of pyridine rings is 1. The summed E-state index contributed by atoms with van der Waals surface area (Å²) in [5, 5.41) is 33.1. The van der Waals surface area contributed by atoms with Crippen molar-refractivity contribution in [2.75, 3.05) is 0 Å². The molecule has 0 aliphatic carbocycles. The highest BCUT2D eigenvalue weighted by Crippen LogP contribution is 2.43. The minimum Gasteiger partial charge on any atom is -0.307 e. The number of nitriles is 3. The van der Waals surface area contributed by atoms with Crippen molar-refractivity contribution in [2.24, 2.45) is 0 Å². The monoisotopic (exact) mass is 712 g/mol. The maximum absolute atomic E-state index is 9.78. The van der Waals surface area contributed by atoms with Crippen LogP contribution in [0, 0.1) is 34.0 Å². The van der Waals surface area contributed by atoms with Crippen LogP contribution in [0.3, 0.4) is 0 Å². The van der Waals surface area contributed by atoms with Crippen LogP contribution in [0.1, 0.15) is 16.7 Å². The van der Waals surface area contributed by atoms with Crippen LogP contribution in [-0.4, -0.2) is 14.1 Å². The van der Waals surface area contributed by atoms with Gasteiger partial charge in [-0.15, -0.1) is 0 Å². The molecule has 3 heterocycles. The maximum Gasteiger partial charge on any atom is 0.0991 e. The lowest BCUT2D eigenvalue weighted by Crippen LogP contribution is -2.05. The van der Waals surface area contributed by atoms with E-state index in [2.05, 4.69) is 112 Å². The van der Waals surface area contributed by atoms with Gasteiger partial charge in [-0.05, 0) is 88.5 Å². The molecule has 0 aliphatic rings. The molecule has 3 aromatic heterocycles. The lowest BCUT2D eigenvalue weighted by Gasteiger charge is -2.20. The third-order valence-corrected chi connectivity index (χ3v) is 10.7. The minimum atomic E-state index is 0.582. The van der Waals surface area contributed by atoms with E-state index in [9.17, 15) is 15.8 Å². The fourth-order valence-electron chi connectivity index (χ4n) is 8.08. The Kier molecular flexibility index (Phi) is 7.53. The molecule has 6 nitrogen and oxygen atoms in total. The summed E-state index contributed by atoms with van der Waals surface area (Å²) < 4.78 is 4.61. The molecule has 0 N–H and O–H groups in total. The van der Waals surface area contributed by atoms with Crippen LogP contribution in [0.4, 0.5) is 0 Å². The molecule has 0 spiro atoms. The molecule has 7 aromatic carbocycles. The van der Waals surface area contributed by atoms with E-state index in [4.69, 9.17) is 4.98 Å². The molecule has 0 radical (unpaired) electrons. The number of hydrogen-bond donors (Lipinski definition) is 0. The number of rotatable bonds is 5. The van der Waals surface area contributed by atoms with E-state index in [1.807, 2.05) is 85.2 Å². The van der Waals surface area contributed by atoms with Gasteiger partial charge < -0.3 is 9.13 Å². The van der Waals surface area contributed by atoms with Gasteiger partial charge in [0, 0.05) is 27.1 Å². The molecule has 0 atom stereocenters. The number of hydrogen-bond acceptors (Lipinski definition) is 4. The van der Waals surface area contributed by atoms with E-state index in [1.165, 1.54) is 0 Å². The van der Waals surface area contributed by atoms with Crippen molar-refractivity contribution in [3.8, 4) is 63.0 Å². The molecule has 0 amide bonds. The van der Waals surface area contributed by atoms with E-state index in [-0.39, 0.29) is 0 Å². The second-order valence-corrected chi connectivity index (χ2v) is 13.8. The number of fused-ring (bicyclic) bond motifs is 6. The Hall–Kier alpha value is -8.24. The third-order valence-electron chi connectivity index (χ3n) is 10.7. The molecule has 10 rings (SSSR count). The summed E-state index contributed by atoms with van der Waals surface area (Å²) >= 11 is 0. The van der Waals surface area contributed by atoms with Crippen LogP contribution in [0.5, 0.6) is 0 Å². The highest BCUT2D eigenvalue weighted by Gasteiger charge is 2.23. The zero-order valence-corrected chi connectivity index (χ0v) is 29.8. The lowest BCUT2D eigenvalue weighted by atomic mass is 10.0. The Bertz CT molecular complexity index is 3120. The van der Waals surface area contributed by atoms with Gasteiger partial charge in [0.05, 0.1) is 80.7 Å². The molecule has 0 saturated carbocycles. The number of benzene rings is 7. The Morgan fingerprint density at radius 2 is 0.714 bits per heavy atom. The first-order chi connectivity index (χ1) is 27.6. The maximum atomic E-state index is 9.78. The van der Waals surface area contributed by atoms with Gasteiger partial charge in [0.15, 0.2) is 0 Å². The quantitative estimate of drug-likeness (QED) is 0.177. The van der Waals surface area contributed by atoms with Crippen LogP contribution in [-0.2, 0) is 0 Å². The summed E-state index contributed by atoms with van der Waals surface area (Å²) in [5.41, 5.74) is 13.7. The van der Waals surface area contributed by atoms with E-state index in [0.717, 1.165) is 88.4 Å². The largest absolute Gasteiger partial charge is 0.307 e. The average Bonchev–Trinajstić information content (AvgIpc) is 3.78. The predicted molar refractivity (Wildman–Crippen MR) is 223 cm³/mol. The highest BCUT2D eigenvalue weighted by molar-refractivity contribution is 6.13. The van der Waals surface area contributed by atoms with Crippen LogP contribution >= 0.6 is 0 Å². The summed E-state index contributed by atoms with van der Waals surface area (Å²) in [5.74, 6) is 0. The van der Waals surface area contributed by atoms with Gasteiger partial charge in [-0.3, -0.25) is 4.98 Å². The van der Waals surface area contributed by atoms with Crippen molar-refractivity contribution >= 4 is 43.6 Å². The zero-order valence-electron chi connectivity index (χ0n) is 29.8. The van der Waals surface area contributed by atoms with Gasteiger partial charge in [-0.2, -0.15) is 15.8 Å². The van der Waals surface area contributed by atoms with E-state index in [1.54, 1.807) is 0 Å². The summed E-state index contributed by atoms with van der Waals surface area (Å²) in [7, 11) is 0. The molecular weight excluding hydrogens is 685 g/mol. The number of aromatic nitrogens is 3. The fraction of sp³-hybridized carbons (Fsp3) is 0. The number of para-hydroxylation sites is 2. The van der Waals surface area contributed by atoms with E-state index >= 15 is 0 Å². The normalized spacial score (nSPS) is 11.2. The van der Waals surface area contributed by atoms with Gasteiger partial charge in [-0.1, -0.05) is 97.1 Å². The first-order valence-corrected chi connectivity index (χ1v) is 18.2. The molecule has 0 bridgehead atoms. The van der Waals surface area contributed by atoms with Gasteiger partial charge in [0.2, 0.25) is 0 Å². The summed E-state index contributed by atoms with van der Waals surface area (Å²) in [4.78, 5) is 4.99. The predicted octanol–water partition coefficient (Wildman–Crippen LogP) is 11.9. The SMILES string of the molecule is N#Cc1ccc(-c2ccc3c4ccccc4n(-c4cncc(-n5c6ccccc6c6ccc(-c7ccc(C#N)cc7)cc65)c4-c4ccc(C#N)cc4)c3c2)cc1. The second kappa shape index (κ2) is 13.0. The summed E-state index contributed by atoms with van der Waals surface area (Å²) in [6.07, 6.45) is 3.88. The van der Waals surface area contributed by atoms with Crippen molar-refractivity contribution in [1.82, 2.24) is 14.1 Å². The first-order valence-electron chi connectivity index (χ1n) is 18.2. The van der Waals surface area contributed by atoms with Crippen molar-refractivity contribution < 1.29 is 0 Å². The molecule has 258 valence electrons. The van der Waals surface area contributed by atoms with Gasteiger partial charge in [0.1, 0.15) is 0 Å². The number of nitrogens with zero attached hydrogens (tertiary/aromatic N) is 6. The Balaban J connectivity index is 1.30. The molecule has 56 heavy (non-hydrogen) atoms. The van der Waals surface area contributed by atoms with Crippen molar-refractivity contribution in [3.05, 3.63) is 187 Å². The van der Waals surface area contributed by atoms with Crippen molar-refractivity contribution in [2.45, 2.75) is 0 Å². The molecule has 0 fully saturated rings. The average molecular weight is 713 g/mol. The third kappa shape index (κ3) is 5.12. The van der Waals surface area contributed by atoms with Crippen molar-refractivity contribution in [1.29, 1.82) is 15.8 Å². The lowest BCUT2D eigenvalue weighted by molar-refractivity contribution is 1.09. The van der Waals surface area contributed by atoms with Crippen LogP contribution in [0.15, 0.2) is 170 Å². The van der Waals surface area contributed by atoms with Crippen LogP contribution < -0.4 is 0 Å². The van der Waals surface area contributed by atoms with E-state index in [0.29, 0.717) is 16.7 Å². The summed E-state index contributed by atoms with van der Waals surface area (Å²) in [6, 6.07) is 59.8. The van der Waals surface area contributed by atoms with Crippen LogP contribution in [0.2, 0.25) is 0 Å². The molecule has 6 heteroatoms. The minimum absolute atomic E-state index is 0.582. The van der Waals surface area contributed by atoms with Gasteiger partial charge in [0.25, 0.3) is 0 Å². The zero-order chi connectivity index (χ0) is 37.8. The Morgan fingerprint density at radius 3 is 1.12 bits per heavy atom. The van der Waals surface area contributed by atoms with E-state index < -0.39 is 0 Å². The fourth-order valence-corrected chi connectivity index (χ4v) is 8.08. The Labute approximate surface area is 322 Å². The Morgan fingerprint density at radius 1 is 0.357 bits per heavy atom. The smallest absolute Gasteiger partial charge is 0.0991 e. The van der Waals surface area contributed by atoms with Crippen LogP contribution in [0.25, 0.3) is 88.4 Å². The molecule has 10 aromatic rings. The standard InChI is InChI=1S/C50H28N6/c51-27-32-9-15-35(16-10-32)38-21-23-42-40-5-1-3-7-44(40)55(46(42)25-38)48-30-54-31-49(50(48)37-19-13-34(29-53)14-20-37)56-45-8-4-2-6-41(45)43-24-22-39(26-47(43)56)36-17-11-33(28-52)12-18-36/h1-26,30-31H. The molecular formula is C50H28N6. The first kappa shape index (κ1) is 32.4. The highest BCUT2D eigenvalue weighted by atomic mass is 15.0. The topological polar surface area (TPSA) is 94.1 Å². The van der Waals surface area contributed by atoms with Gasteiger partial charge >= 0.3 is 0 Å².